The summed E-state index contributed by atoms with van der Waals surface area (Å²) in [5.41, 5.74) is 0.811. The minimum absolute atomic E-state index is 0.0467. The van der Waals surface area contributed by atoms with Crippen LogP contribution in [0.25, 0.3) is 0 Å². The average Bonchev–Trinajstić information content (AvgIpc) is 3.13. The molecular formula is C38H51ClN4O8S. The Bertz CT molecular complexity index is 1750. The first-order valence-electron chi connectivity index (χ1n) is 18.3. The molecule has 2 aromatic rings. The molecule has 2 fully saturated rings. The van der Waals surface area contributed by atoms with Crippen LogP contribution in [0, 0.1) is 11.8 Å². The van der Waals surface area contributed by atoms with Gasteiger partial charge in [0.15, 0.2) is 5.60 Å². The molecule has 1 saturated heterocycles. The number of nitrogens with two attached hydrogens (primary N) is 1. The largest absolute Gasteiger partial charge is 0.487 e. The van der Waals surface area contributed by atoms with Crippen LogP contribution in [0.4, 0.5) is 5.69 Å². The van der Waals surface area contributed by atoms with E-state index in [-0.39, 0.29) is 37.6 Å². The number of benzene rings is 2. The first kappa shape index (κ1) is 38.5. The molecule has 4 atom stereocenters. The van der Waals surface area contributed by atoms with E-state index in [2.05, 4.69) is 11.0 Å². The lowest BCUT2D eigenvalue weighted by Crippen LogP contribution is -2.47. The molecular weight excluding hydrogens is 708 g/mol. The van der Waals surface area contributed by atoms with Crippen LogP contribution >= 0.6 is 11.6 Å². The summed E-state index contributed by atoms with van der Waals surface area (Å²) in [5.74, 6) is -0.122. The average molecular weight is 759 g/mol. The van der Waals surface area contributed by atoms with Crippen molar-refractivity contribution in [2.24, 2.45) is 17.0 Å². The number of nitrogens with zero attached hydrogens (tertiary/aromatic N) is 3. The number of halogens is 1. The topological polar surface area (TPSA) is 152 Å². The van der Waals surface area contributed by atoms with Crippen molar-refractivity contribution in [3.8, 4) is 5.75 Å². The van der Waals surface area contributed by atoms with E-state index in [0.29, 0.717) is 48.7 Å². The van der Waals surface area contributed by atoms with Crippen LogP contribution in [-0.4, -0.2) is 93.7 Å². The third-order valence-electron chi connectivity index (χ3n) is 11.2. The van der Waals surface area contributed by atoms with Crippen LogP contribution in [0.5, 0.6) is 5.75 Å². The van der Waals surface area contributed by atoms with Gasteiger partial charge in [-0.05, 0) is 104 Å². The number of hydrogen-bond acceptors (Lipinski definition) is 9. The number of aliphatic hydroxyl groups is 1. The van der Waals surface area contributed by atoms with Gasteiger partial charge in [0.05, 0.1) is 18.2 Å². The van der Waals surface area contributed by atoms with Gasteiger partial charge in [-0.2, -0.15) is 12.7 Å². The van der Waals surface area contributed by atoms with E-state index in [0.717, 1.165) is 59.8 Å². The van der Waals surface area contributed by atoms with Crippen molar-refractivity contribution >= 4 is 39.4 Å². The number of rotatable bonds is 4. The van der Waals surface area contributed by atoms with Gasteiger partial charge in [0.1, 0.15) is 18.5 Å². The number of carbonyl (C=O) groups excluding carboxylic acids is 2. The van der Waals surface area contributed by atoms with Crippen LogP contribution in [0.3, 0.4) is 0 Å². The summed E-state index contributed by atoms with van der Waals surface area (Å²) in [6.45, 7) is 2.29. The van der Waals surface area contributed by atoms with Gasteiger partial charge in [0, 0.05) is 51.9 Å². The van der Waals surface area contributed by atoms with Crippen LogP contribution in [-0.2, 0) is 47.9 Å². The Kier molecular flexibility index (Phi) is 12.2. The first-order chi connectivity index (χ1) is 24.9. The normalized spacial score (nSPS) is 27.6. The van der Waals surface area contributed by atoms with Gasteiger partial charge in [0.25, 0.3) is 10.2 Å². The lowest BCUT2D eigenvalue weighted by Gasteiger charge is -2.43. The highest BCUT2D eigenvalue weighted by molar-refractivity contribution is 7.86. The fourth-order valence-electron chi connectivity index (χ4n) is 7.85. The third-order valence-corrected chi connectivity index (χ3v) is 12.6. The van der Waals surface area contributed by atoms with E-state index in [1.54, 1.807) is 32.4 Å². The number of amides is 1. The molecule has 4 aliphatic rings. The molecule has 3 heterocycles. The SMILES string of the molecule is CO[C@H]1/C=C/CCN(C)C(=O)C[C@](O)(C(=O)OC2CCN(S(N)(=O)=O)CC2)c2ccc3c(c2)N(CCCCc2cc(Cl)ccc2CO3)C[C@@H]2CC[C@H]21. The number of piperidine rings is 1. The Labute approximate surface area is 312 Å². The highest BCUT2D eigenvalue weighted by Crippen LogP contribution is 2.43. The second-order valence-corrected chi connectivity index (χ2v) is 16.6. The number of hydrogen-bond donors (Lipinski definition) is 2. The van der Waals surface area contributed by atoms with Crippen molar-refractivity contribution in [3.63, 3.8) is 0 Å². The molecule has 1 aliphatic carbocycles. The van der Waals surface area contributed by atoms with Crippen molar-refractivity contribution in [2.75, 3.05) is 51.8 Å². The predicted molar refractivity (Wildman–Crippen MR) is 198 cm³/mol. The molecule has 2 aromatic carbocycles. The minimum Gasteiger partial charge on any atom is -0.487 e. The Morgan fingerprint density at radius 1 is 1.04 bits per heavy atom. The molecule has 3 aliphatic heterocycles. The summed E-state index contributed by atoms with van der Waals surface area (Å²) in [6, 6.07) is 11.0. The molecule has 1 amide bonds. The van der Waals surface area contributed by atoms with Crippen LogP contribution in [0.1, 0.15) is 68.1 Å². The van der Waals surface area contributed by atoms with E-state index in [1.165, 1.54) is 4.90 Å². The molecule has 3 N–H and O–H groups in total. The number of fused-ring (bicyclic) bond motifs is 3. The van der Waals surface area contributed by atoms with E-state index in [1.807, 2.05) is 24.3 Å². The Hall–Kier alpha value is -3.20. The maximum absolute atomic E-state index is 14.1. The van der Waals surface area contributed by atoms with E-state index < -0.39 is 40.2 Å². The van der Waals surface area contributed by atoms with Crippen molar-refractivity contribution < 1.29 is 37.3 Å². The van der Waals surface area contributed by atoms with Gasteiger partial charge in [0.2, 0.25) is 5.91 Å². The van der Waals surface area contributed by atoms with Crippen LogP contribution in [0.2, 0.25) is 5.02 Å². The van der Waals surface area contributed by atoms with Gasteiger partial charge in [-0.3, -0.25) is 4.79 Å². The number of anilines is 1. The fraction of sp³-hybridized carbons (Fsp3) is 0.579. The Morgan fingerprint density at radius 3 is 2.54 bits per heavy atom. The zero-order valence-corrected chi connectivity index (χ0v) is 31.6. The molecule has 284 valence electrons. The molecule has 0 aromatic heterocycles. The zero-order valence-electron chi connectivity index (χ0n) is 30.0. The highest BCUT2D eigenvalue weighted by Gasteiger charge is 2.45. The standard InChI is InChI=1S/C38H51ClN4O8S/c1-41-17-5-4-8-34(49-2)32-13-10-27(32)24-42-18-6-3-7-26-21-30(39)12-9-28(26)25-50-35-14-11-29(22-33(35)42)38(46,23-36(41)44)37(45)51-31-15-19-43(20-16-31)52(40,47)48/h4,8-9,11-12,14,21-22,27,31-32,34,46H,3,5-7,10,13,15-20,23-25H2,1-2H3,(H2,40,47,48)/b8-4+/t27-,32+,34-,38+/m0/s1. The van der Waals surface area contributed by atoms with Gasteiger partial charge in [-0.25, -0.2) is 9.93 Å². The quantitative estimate of drug-likeness (QED) is 0.344. The Balaban J connectivity index is 1.39. The number of ether oxygens (including phenoxy) is 3. The molecule has 0 unspecified atom stereocenters. The van der Waals surface area contributed by atoms with Crippen molar-refractivity contribution in [2.45, 2.75) is 82.2 Å². The molecule has 0 spiro atoms. The number of carbonyl (C=O) groups is 2. The number of esters is 1. The van der Waals surface area contributed by atoms with Gasteiger partial charge in [-0.1, -0.05) is 35.9 Å². The van der Waals surface area contributed by atoms with Gasteiger partial charge >= 0.3 is 5.97 Å². The number of aryl methyl sites for hydroxylation is 1. The second kappa shape index (κ2) is 16.4. The van der Waals surface area contributed by atoms with Crippen molar-refractivity contribution in [3.05, 3.63) is 70.3 Å². The summed E-state index contributed by atoms with van der Waals surface area (Å²) in [6.07, 6.45) is 8.65. The lowest BCUT2D eigenvalue weighted by molar-refractivity contribution is -0.177. The van der Waals surface area contributed by atoms with Gasteiger partial charge < -0.3 is 29.1 Å². The summed E-state index contributed by atoms with van der Waals surface area (Å²) >= 11 is 6.38. The minimum atomic E-state index is -3.88. The first-order valence-corrected chi connectivity index (χ1v) is 20.2. The molecule has 52 heavy (non-hydrogen) atoms. The van der Waals surface area contributed by atoms with E-state index in [9.17, 15) is 23.1 Å². The maximum atomic E-state index is 14.1. The van der Waals surface area contributed by atoms with E-state index >= 15 is 0 Å². The summed E-state index contributed by atoms with van der Waals surface area (Å²) in [7, 11) is -0.481. The highest BCUT2D eigenvalue weighted by atomic mass is 35.5. The zero-order chi connectivity index (χ0) is 37.0. The summed E-state index contributed by atoms with van der Waals surface area (Å²) in [4.78, 5) is 31.7. The molecule has 6 rings (SSSR count). The number of methoxy groups -OCH3 is 1. The van der Waals surface area contributed by atoms with Crippen molar-refractivity contribution in [1.82, 2.24) is 9.21 Å². The lowest BCUT2D eigenvalue weighted by atomic mass is 9.70. The third kappa shape index (κ3) is 8.77. The molecule has 0 radical (unpaired) electrons. The van der Waals surface area contributed by atoms with Gasteiger partial charge in [-0.15, -0.1) is 0 Å². The summed E-state index contributed by atoms with van der Waals surface area (Å²) in [5, 5.41) is 18.4. The predicted octanol–water partition coefficient (Wildman–Crippen LogP) is 4.31. The molecule has 14 heteroatoms. The van der Waals surface area contributed by atoms with Crippen LogP contribution < -0.4 is 14.8 Å². The fourth-order valence-corrected chi connectivity index (χ4v) is 8.77. The second-order valence-electron chi connectivity index (χ2n) is 14.6. The molecule has 2 bridgehead atoms. The Morgan fingerprint density at radius 2 is 1.83 bits per heavy atom. The molecule has 12 nitrogen and oxygen atoms in total. The van der Waals surface area contributed by atoms with E-state index in [4.69, 9.17) is 31.0 Å². The smallest absolute Gasteiger partial charge is 0.343 e. The maximum Gasteiger partial charge on any atom is 0.343 e. The molecule has 1 saturated carbocycles. The van der Waals surface area contributed by atoms with Crippen molar-refractivity contribution in [1.29, 1.82) is 0 Å². The monoisotopic (exact) mass is 758 g/mol. The summed E-state index contributed by atoms with van der Waals surface area (Å²) < 4.78 is 43.3. The van der Waals surface area contributed by atoms with Crippen LogP contribution in [0.15, 0.2) is 48.6 Å².